The molecule has 3 rings (SSSR count). The van der Waals surface area contributed by atoms with E-state index >= 15 is 0 Å². The summed E-state index contributed by atoms with van der Waals surface area (Å²) in [6.07, 6.45) is 0.487. The SMILES string of the molecule is Cc1nc2cc(=O)[nH]n2c(C)c1CNC(=O)CC1CSCCN1.Cl.Cl. The number of aromatic amines is 1. The molecular weight excluding hydrogens is 385 g/mol. The highest BCUT2D eigenvalue weighted by Gasteiger charge is 2.17. The summed E-state index contributed by atoms with van der Waals surface area (Å²) in [4.78, 5) is 28.0. The standard InChI is InChI=1S/C15H21N5O2S.2ClH/c1-9-12(10(2)20-13(18-9)6-15(22)19-20)7-17-14(21)5-11-8-23-4-3-16-11;;/h6,11,16H,3-5,7-8H2,1-2H3,(H,17,21)(H,19,22);2*1H. The minimum Gasteiger partial charge on any atom is -0.352 e. The largest absolute Gasteiger partial charge is 0.352 e. The number of hydrogen-bond donors (Lipinski definition) is 3. The van der Waals surface area contributed by atoms with Gasteiger partial charge in [-0.25, -0.2) is 9.50 Å². The summed E-state index contributed by atoms with van der Waals surface area (Å²) in [6.45, 7) is 5.19. The van der Waals surface area contributed by atoms with E-state index in [0.29, 0.717) is 18.6 Å². The molecule has 3 heterocycles. The fourth-order valence-corrected chi connectivity index (χ4v) is 3.79. The highest BCUT2D eigenvalue weighted by molar-refractivity contribution is 7.99. The van der Waals surface area contributed by atoms with Crippen LogP contribution in [0, 0.1) is 13.8 Å². The normalized spacial score (nSPS) is 16.8. The first-order chi connectivity index (χ1) is 11.0. The van der Waals surface area contributed by atoms with Crippen LogP contribution in [0.4, 0.5) is 0 Å². The van der Waals surface area contributed by atoms with Crippen molar-refractivity contribution in [1.29, 1.82) is 0 Å². The summed E-state index contributed by atoms with van der Waals surface area (Å²) in [7, 11) is 0. The van der Waals surface area contributed by atoms with Gasteiger partial charge >= 0.3 is 0 Å². The first kappa shape index (κ1) is 21.8. The molecule has 0 radical (unpaired) electrons. The van der Waals surface area contributed by atoms with Crippen LogP contribution in [0.2, 0.25) is 0 Å². The number of thioether (sulfide) groups is 1. The molecular formula is C15H23Cl2N5O2S. The van der Waals surface area contributed by atoms with Crippen molar-refractivity contribution in [1.82, 2.24) is 25.2 Å². The number of carbonyl (C=O) groups excluding carboxylic acids is 1. The summed E-state index contributed by atoms with van der Waals surface area (Å²) in [5.41, 5.74) is 3.07. The molecule has 1 atom stereocenters. The van der Waals surface area contributed by atoms with E-state index in [4.69, 9.17) is 0 Å². The Morgan fingerprint density at radius 2 is 2.20 bits per heavy atom. The predicted octanol–water partition coefficient (Wildman–Crippen LogP) is 1.19. The summed E-state index contributed by atoms with van der Waals surface area (Å²) in [5.74, 6) is 2.12. The third kappa shape index (κ3) is 5.13. The van der Waals surface area contributed by atoms with Crippen LogP contribution >= 0.6 is 36.6 Å². The molecule has 1 amide bonds. The molecule has 0 spiro atoms. The van der Waals surface area contributed by atoms with E-state index in [2.05, 4.69) is 20.7 Å². The number of rotatable bonds is 4. The lowest BCUT2D eigenvalue weighted by Gasteiger charge is -2.22. The van der Waals surface area contributed by atoms with E-state index in [1.807, 2.05) is 25.6 Å². The molecule has 1 aliphatic heterocycles. The molecule has 0 aliphatic carbocycles. The van der Waals surface area contributed by atoms with Gasteiger partial charge in [0.25, 0.3) is 5.56 Å². The van der Waals surface area contributed by atoms with Crippen LogP contribution in [0.1, 0.15) is 23.4 Å². The number of aryl methyl sites for hydroxylation is 2. The second-order valence-electron chi connectivity index (χ2n) is 5.78. The van der Waals surface area contributed by atoms with Gasteiger partial charge in [0.2, 0.25) is 5.91 Å². The van der Waals surface area contributed by atoms with E-state index in [0.717, 1.165) is 35.0 Å². The Morgan fingerprint density at radius 3 is 2.88 bits per heavy atom. The van der Waals surface area contributed by atoms with Gasteiger partial charge < -0.3 is 10.6 Å². The van der Waals surface area contributed by atoms with Gasteiger partial charge in [0.1, 0.15) is 0 Å². The second kappa shape index (κ2) is 9.47. The molecule has 0 bridgehead atoms. The molecule has 10 heteroatoms. The molecule has 3 N–H and O–H groups in total. The van der Waals surface area contributed by atoms with Gasteiger partial charge in [-0.2, -0.15) is 11.8 Å². The predicted molar refractivity (Wildman–Crippen MR) is 105 cm³/mol. The van der Waals surface area contributed by atoms with Crippen LogP contribution in [-0.2, 0) is 11.3 Å². The minimum absolute atomic E-state index is 0. The van der Waals surface area contributed by atoms with Crippen LogP contribution in [0.3, 0.4) is 0 Å². The van der Waals surface area contributed by atoms with Crippen molar-refractivity contribution in [3.8, 4) is 0 Å². The van der Waals surface area contributed by atoms with Crippen LogP contribution in [0.25, 0.3) is 5.65 Å². The van der Waals surface area contributed by atoms with E-state index < -0.39 is 0 Å². The summed E-state index contributed by atoms with van der Waals surface area (Å²) < 4.78 is 1.66. The topological polar surface area (TPSA) is 91.3 Å². The van der Waals surface area contributed by atoms with Gasteiger partial charge in [-0.1, -0.05) is 0 Å². The molecule has 1 aliphatic rings. The zero-order valence-corrected chi connectivity index (χ0v) is 16.6. The molecule has 1 fully saturated rings. The third-order valence-corrected chi connectivity index (χ3v) is 5.23. The van der Waals surface area contributed by atoms with Crippen molar-refractivity contribution in [3.63, 3.8) is 0 Å². The molecule has 140 valence electrons. The fraction of sp³-hybridized carbons (Fsp3) is 0.533. The summed E-state index contributed by atoms with van der Waals surface area (Å²) in [6, 6.07) is 1.71. The maximum Gasteiger partial charge on any atom is 0.266 e. The average molecular weight is 408 g/mol. The van der Waals surface area contributed by atoms with Crippen molar-refractivity contribution < 1.29 is 4.79 Å². The molecule has 0 aromatic carbocycles. The number of hydrogen-bond acceptors (Lipinski definition) is 5. The second-order valence-corrected chi connectivity index (χ2v) is 6.93. The van der Waals surface area contributed by atoms with Crippen LogP contribution in [0.5, 0.6) is 0 Å². The Balaban J connectivity index is 0.00000156. The lowest BCUT2D eigenvalue weighted by Crippen LogP contribution is -2.41. The minimum atomic E-state index is -0.179. The Kier molecular flexibility index (Phi) is 8.27. The van der Waals surface area contributed by atoms with Crippen LogP contribution < -0.4 is 16.2 Å². The quantitative estimate of drug-likeness (QED) is 0.707. The van der Waals surface area contributed by atoms with Crippen molar-refractivity contribution in [2.24, 2.45) is 0 Å². The number of halogens is 2. The van der Waals surface area contributed by atoms with Gasteiger partial charge in [0.05, 0.1) is 0 Å². The molecule has 1 saturated heterocycles. The maximum absolute atomic E-state index is 12.1. The van der Waals surface area contributed by atoms with E-state index in [9.17, 15) is 9.59 Å². The fourth-order valence-electron chi connectivity index (χ4n) is 2.85. The maximum atomic E-state index is 12.1. The van der Waals surface area contributed by atoms with Gasteiger partial charge in [0.15, 0.2) is 5.65 Å². The monoisotopic (exact) mass is 407 g/mol. The number of amides is 1. The molecule has 0 saturated carbocycles. The van der Waals surface area contributed by atoms with Crippen LogP contribution in [0.15, 0.2) is 10.9 Å². The summed E-state index contributed by atoms with van der Waals surface area (Å²) >= 11 is 1.88. The number of nitrogens with one attached hydrogen (secondary N) is 3. The lowest BCUT2D eigenvalue weighted by molar-refractivity contribution is -0.121. The highest BCUT2D eigenvalue weighted by atomic mass is 35.5. The Morgan fingerprint density at radius 1 is 1.44 bits per heavy atom. The molecule has 2 aromatic heterocycles. The molecule has 2 aromatic rings. The van der Waals surface area contributed by atoms with E-state index in [1.54, 1.807) is 4.52 Å². The zero-order chi connectivity index (χ0) is 16.4. The third-order valence-electron chi connectivity index (χ3n) is 4.10. The number of aromatic nitrogens is 3. The molecule has 1 unspecified atom stereocenters. The Bertz CT molecular complexity index is 786. The highest BCUT2D eigenvalue weighted by Crippen LogP contribution is 2.13. The smallest absolute Gasteiger partial charge is 0.266 e. The van der Waals surface area contributed by atoms with E-state index in [-0.39, 0.29) is 42.3 Å². The first-order valence-electron chi connectivity index (χ1n) is 7.70. The van der Waals surface area contributed by atoms with Crippen molar-refractivity contribution in [2.45, 2.75) is 32.9 Å². The van der Waals surface area contributed by atoms with Gasteiger partial charge in [-0.15, -0.1) is 24.8 Å². The van der Waals surface area contributed by atoms with Crippen molar-refractivity contribution in [3.05, 3.63) is 33.4 Å². The molecule has 7 nitrogen and oxygen atoms in total. The van der Waals surface area contributed by atoms with Gasteiger partial charge in [0, 0.05) is 60.1 Å². The number of fused-ring (bicyclic) bond motifs is 1. The van der Waals surface area contributed by atoms with Crippen molar-refractivity contribution in [2.75, 3.05) is 18.1 Å². The van der Waals surface area contributed by atoms with Gasteiger partial charge in [-0.3, -0.25) is 14.7 Å². The Hall–Kier alpha value is -1.22. The van der Waals surface area contributed by atoms with Gasteiger partial charge in [-0.05, 0) is 13.8 Å². The number of carbonyl (C=O) groups is 1. The Labute approximate surface area is 162 Å². The first-order valence-corrected chi connectivity index (χ1v) is 8.86. The number of nitrogens with zero attached hydrogens (tertiary/aromatic N) is 2. The summed E-state index contributed by atoms with van der Waals surface area (Å²) in [5, 5.41) is 9.05. The molecule has 25 heavy (non-hydrogen) atoms. The lowest BCUT2D eigenvalue weighted by atomic mass is 10.1. The average Bonchev–Trinajstić information content (AvgIpc) is 2.88. The zero-order valence-electron chi connectivity index (χ0n) is 14.1. The van der Waals surface area contributed by atoms with E-state index in [1.165, 1.54) is 6.07 Å². The van der Waals surface area contributed by atoms with Crippen molar-refractivity contribution >= 4 is 48.1 Å². The number of H-pyrrole nitrogens is 1. The van der Waals surface area contributed by atoms with Crippen LogP contribution in [-0.4, -0.2) is 44.6 Å².